The number of anilines is 1. The lowest BCUT2D eigenvalue weighted by molar-refractivity contribution is -0.119. The van der Waals surface area contributed by atoms with Gasteiger partial charge in [0.1, 0.15) is 5.78 Å². The molecule has 0 aliphatic carbocycles. The smallest absolute Gasteiger partial charge is 0.151 e. The van der Waals surface area contributed by atoms with Crippen LogP contribution < -0.4 is 10.6 Å². The third-order valence-corrected chi connectivity index (χ3v) is 3.12. The fourth-order valence-electron chi connectivity index (χ4n) is 1.88. The van der Waals surface area contributed by atoms with Crippen molar-refractivity contribution in [2.75, 3.05) is 12.4 Å². The Hall–Kier alpha value is -2.10. The van der Waals surface area contributed by atoms with Crippen molar-refractivity contribution >= 4 is 23.0 Å². The SMILES string of the molecule is C=C(NC(CCC(C)=O)C(C)=O)c1cccc(NC)c1. The standard InChI is InChI=1S/C16H22N2O2/c1-11(19)8-9-16(13(3)20)18-12(2)14-6-5-7-15(10-14)17-4/h5-7,10,16-18H,2,8-9H2,1,3-4H3. The molecule has 0 heterocycles. The minimum Gasteiger partial charge on any atom is -0.388 e. The molecule has 20 heavy (non-hydrogen) atoms. The summed E-state index contributed by atoms with van der Waals surface area (Å²) in [5, 5.41) is 6.17. The Morgan fingerprint density at radius 3 is 2.55 bits per heavy atom. The van der Waals surface area contributed by atoms with Gasteiger partial charge in [0.2, 0.25) is 0 Å². The number of hydrogen-bond donors (Lipinski definition) is 2. The summed E-state index contributed by atoms with van der Waals surface area (Å²) in [4.78, 5) is 22.7. The molecule has 1 aromatic carbocycles. The first kappa shape index (κ1) is 16.0. The quantitative estimate of drug-likeness (QED) is 0.765. The van der Waals surface area contributed by atoms with E-state index in [1.807, 2.05) is 31.3 Å². The number of carbonyl (C=O) groups is 2. The van der Waals surface area contributed by atoms with Gasteiger partial charge < -0.3 is 15.4 Å². The highest BCUT2D eigenvalue weighted by molar-refractivity contribution is 5.84. The Labute approximate surface area is 120 Å². The van der Waals surface area contributed by atoms with E-state index < -0.39 is 0 Å². The zero-order valence-corrected chi connectivity index (χ0v) is 12.3. The number of hydrogen-bond acceptors (Lipinski definition) is 4. The summed E-state index contributed by atoms with van der Waals surface area (Å²) in [7, 11) is 1.85. The molecule has 0 radical (unpaired) electrons. The van der Waals surface area contributed by atoms with Crippen molar-refractivity contribution in [1.82, 2.24) is 5.32 Å². The van der Waals surface area contributed by atoms with Gasteiger partial charge in [-0.1, -0.05) is 18.7 Å². The second kappa shape index (κ2) is 7.48. The van der Waals surface area contributed by atoms with Crippen molar-refractivity contribution in [3.05, 3.63) is 36.4 Å². The lowest BCUT2D eigenvalue weighted by atomic mass is 10.0. The van der Waals surface area contributed by atoms with Gasteiger partial charge in [-0.2, -0.15) is 0 Å². The van der Waals surface area contributed by atoms with Crippen LogP contribution in [0.4, 0.5) is 5.69 Å². The number of nitrogens with one attached hydrogen (secondary N) is 2. The number of ketones is 2. The third-order valence-electron chi connectivity index (χ3n) is 3.12. The molecule has 1 rings (SSSR count). The maximum Gasteiger partial charge on any atom is 0.151 e. The molecule has 2 N–H and O–H groups in total. The van der Waals surface area contributed by atoms with E-state index >= 15 is 0 Å². The van der Waals surface area contributed by atoms with Crippen molar-refractivity contribution in [3.63, 3.8) is 0 Å². The number of rotatable bonds is 8. The van der Waals surface area contributed by atoms with E-state index in [9.17, 15) is 9.59 Å². The van der Waals surface area contributed by atoms with Crippen LogP contribution in [0.1, 0.15) is 32.3 Å². The van der Waals surface area contributed by atoms with E-state index in [-0.39, 0.29) is 17.6 Å². The molecule has 0 aliphatic rings. The molecule has 0 saturated carbocycles. The van der Waals surface area contributed by atoms with E-state index in [1.54, 1.807) is 0 Å². The van der Waals surface area contributed by atoms with E-state index in [2.05, 4.69) is 17.2 Å². The Bertz CT molecular complexity index is 509. The van der Waals surface area contributed by atoms with Crippen molar-refractivity contribution in [3.8, 4) is 0 Å². The number of benzene rings is 1. The van der Waals surface area contributed by atoms with Crippen LogP contribution in [0.25, 0.3) is 5.70 Å². The van der Waals surface area contributed by atoms with Crippen molar-refractivity contribution in [2.24, 2.45) is 0 Å². The van der Waals surface area contributed by atoms with Crippen LogP contribution in [0, 0.1) is 0 Å². The normalized spacial score (nSPS) is 11.6. The molecule has 0 saturated heterocycles. The van der Waals surface area contributed by atoms with Crippen molar-refractivity contribution in [1.29, 1.82) is 0 Å². The maximum absolute atomic E-state index is 11.6. The highest BCUT2D eigenvalue weighted by Gasteiger charge is 2.15. The Morgan fingerprint density at radius 2 is 2.00 bits per heavy atom. The van der Waals surface area contributed by atoms with Gasteiger partial charge in [0.05, 0.1) is 6.04 Å². The minimum absolute atomic E-state index is 0.0113. The zero-order valence-electron chi connectivity index (χ0n) is 12.3. The molecule has 0 amide bonds. The van der Waals surface area contributed by atoms with Crippen LogP contribution in [-0.2, 0) is 9.59 Å². The van der Waals surface area contributed by atoms with Crippen LogP contribution in [-0.4, -0.2) is 24.7 Å². The van der Waals surface area contributed by atoms with E-state index in [4.69, 9.17) is 0 Å². The van der Waals surface area contributed by atoms with Crippen LogP contribution in [0.15, 0.2) is 30.8 Å². The number of Topliss-reactive ketones (excluding diaryl/α,β-unsaturated/α-hetero) is 2. The Balaban J connectivity index is 2.74. The van der Waals surface area contributed by atoms with Crippen LogP contribution in [0.3, 0.4) is 0 Å². The second-order valence-corrected chi connectivity index (χ2v) is 4.86. The maximum atomic E-state index is 11.6. The van der Waals surface area contributed by atoms with Gasteiger partial charge in [-0.3, -0.25) is 4.79 Å². The molecule has 0 fully saturated rings. The van der Waals surface area contributed by atoms with Crippen LogP contribution >= 0.6 is 0 Å². The molecule has 4 heteroatoms. The van der Waals surface area contributed by atoms with E-state index in [0.717, 1.165) is 11.3 Å². The molecule has 1 atom stereocenters. The van der Waals surface area contributed by atoms with Crippen molar-refractivity contribution < 1.29 is 9.59 Å². The van der Waals surface area contributed by atoms with E-state index in [0.29, 0.717) is 18.5 Å². The average molecular weight is 274 g/mol. The molecule has 0 aromatic heterocycles. The lowest BCUT2D eigenvalue weighted by Crippen LogP contribution is -2.34. The summed E-state index contributed by atoms with van der Waals surface area (Å²) >= 11 is 0. The monoisotopic (exact) mass is 274 g/mol. The molecule has 0 aliphatic heterocycles. The van der Waals surface area contributed by atoms with Crippen LogP contribution in [0.2, 0.25) is 0 Å². The fraction of sp³-hybridized carbons (Fsp3) is 0.375. The van der Waals surface area contributed by atoms with Gasteiger partial charge in [-0.25, -0.2) is 0 Å². The summed E-state index contributed by atoms with van der Waals surface area (Å²) in [5.41, 5.74) is 2.59. The average Bonchev–Trinajstić information content (AvgIpc) is 2.42. The summed E-state index contributed by atoms with van der Waals surface area (Å²) < 4.78 is 0. The van der Waals surface area contributed by atoms with Gasteiger partial charge in [0.15, 0.2) is 5.78 Å². The fourth-order valence-corrected chi connectivity index (χ4v) is 1.88. The van der Waals surface area contributed by atoms with Gasteiger partial charge in [-0.15, -0.1) is 0 Å². The van der Waals surface area contributed by atoms with E-state index in [1.165, 1.54) is 13.8 Å². The molecule has 4 nitrogen and oxygen atoms in total. The summed E-state index contributed by atoms with van der Waals surface area (Å²) in [6.07, 6.45) is 0.885. The highest BCUT2D eigenvalue weighted by Crippen LogP contribution is 2.16. The van der Waals surface area contributed by atoms with Gasteiger partial charge >= 0.3 is 0 Å². The van der Waals surface area contributed by atoms with Gasteiger partial charge in [-0.05, 0) is 38.0 Å². The number of carbonyl (C=O) groups excluding carboxylic acids is 2. The molecule has 0 bridgehead atoms. The molecule has 108 valence electrons. The predicted octanol–water partition coefficient (Wildman–Crippen LogP) is 2.62. The molecular weight excluding hydrogens is 252 g/mol. The highest BCUT2D eigenvalue weighted by atomic mass is 16.1. The Kier molecular flexibility index (Phi) is 5.97. The minimum atomic E-state index is -0.371. The summed E-state index contributed by atoms with van der Waals surface area (Å²) in [6.45, 7) is 7.03. The second-order valence-electron chi connectivity index (χ2n) is 4.86. The third kappa shape index (κ3) is 4.88. The first-order valence-electron chi connectivity index (χ1n) is 6.67. The van der Waals surface area contributed by atoms with Gasteiger partial charge in [0, 0.05) is 24.9 Å². The lowest BCUT2D eigenvalue weighted by Gasteiger charge is -2.19. The Morgan fingerprint density at radius 1 is 1.30 bits per heavy atom. The zero-order chi connectivity index (χ0) is 15.1. The first-order valence-corrected chi connectivity index (χ1v) is 6.67. The van der Waals surface area contributed by atoms with Gasteiger partial charge in [0.25, 0.3) is 0 Å². The van der Waals surface area contributed by atoms with Crippen LogP contribution in [0.5, 0.6) is 0 Å². The largest absolute Gasteiger partial charge is 0.388 e. The molecule has 0 spiro atoms. The van der Waals surface area contributed by atoms with Crippen molar-refractivity contribution in [2.45, 2.75) is 32.7 Å². The summed E-state index contributed by atoms with van der Waals surface area (Å²) in [6, 6.07) is 7.39. The predicted molar refractivity (Wildman–Crippen MR) is 82.5 cm³/mol. The summed E-state index contributed by atoms with van der Waals surface area (Å²) in [5.74, 6) is 0.0954. The molecular formula is C16H22N2O2. The topological polar surface area (TPSA) is 58.2 Å². The molecule has 1 unspecified atom stereocenters. The first-order chi connectivity index (χ1) is 9.43. The molecule has 1 aromatic rings.